The molecule has 0 aliphatic heterocycles. The van der Waals surface area contributed by atoms with Crippen molar-refractivity contribution in [2.75, 3.05) is 19.7 Å². The molecule has 1 aromatic carbocycles. The number of ether oxygens (including phenoxy) is 1. The van der Waals surface area contributed by atoms with Gasteiger partial charge in [0.25, 0.3) is 0 Å². The summed E-state index contributed by atoms with van der Waals surface area (Å²) < 4.78 is 38.8. The summed E-state index contributed by atoms with van der Waals surface area (Å²) in [7, 11) is -3.64. The number of hydrogen-bond acceptors (Lipinski definition) is 4. The van der Waals surface area contributed by atoms with Crippen LogP contribution in [0.2, 0.25) is 17.7 Å². The zero-order valence-electron chi connectivity index (χ0n) is 23.3. The van der Waals surface area contributed by atoms with Gasteiger partial charge in [-0.3, -0.25) is 0 Å². The van der Waals surface area contributed by atoms with E-state index in [1.54, 1.807) is 24.3 Å². The van der Waals surface area contributed by atoms with E-state index in [1.165, 1.54) is 67.5 Å². The van der Waals surface area contributed by atoms with Crippen LogP contribution >= 0.6 is 0 Å². The van der Waals surface area contributed by atoms with Gasteiger partial charge in [0.1, 0.15) is 0 Å². The first-order valence-corrected chi connectivity index (χ1v) is 23.2. The van der Waals surface area contributed by atoms with Crippen LogP contribution < -0.4 is 0 Å². The van der Waals surface area contributed by atoms with E-state index in [4.69, 9.17) is 4.74 Å². The zero-order valence-corrected chi connectivity index (χ0v) is 27.0. The Balaban J connectivity index is 3.05. The van der Waals surface area contributed by atoms with Crippen LogP contribution in [0.25, 0.3) is 0 Å². The van der Waals surface area contributed by atoms with E-state index in [1.807, 2.05) is 19.1 Å². The minimum absolute atomic E-state index is 0.146. The molecule has 0 aliphatic carbocycles. The first-order chi connectivity index (χ1) is 17.2. The fraction of sp³-hybridized carbons (Fsp3) is 0.621. The number of nitrogens with zero attached hydrogens (tertiary/aromatic N) is 1. The molecule has 0 saturated carbocycles. The molecule has 0 aromatic heterocycles. The molecule has 0 amide bonds. The van der Waals surface area contributed by atoms with Crippen molar-refractivity contribution in [3.8, 4) is 0 Å². The average Bonchev–Trinajstić information content (AvgIpc) is 2.85. The second-order valence-corrected chi connectivity index (χ2v) is 25.8. The van der Waals surface area contributed by atoms with E-state index in [2.05, 4.69) is 32.9 Å². The number of unbranched alkanes of at least 4 members (excludes halogenated alkanes) is 3. The molecule has 0 radical (unpaired) electrons. The molecule has 5 nitrogen and oxygen atoms in total. The molecule has 0 aliphatic rings. The fourth-order valence-corrected chi connectivity index (χ4v) is 21.0. The molecule has 7 heteroatoms. The van der Waals surface area contributed by atoms with Gasteiger partial charge in [0.2, 0.25) is 0 Å². The van der Waals surface area contributed by atoms with E-state index in [0.717, 1.165) is 5.56 Å². The Kier molecular flexibility index (Phi) is 16.6. The predicted octanol–water partition coefficient (Wildman–Crippen LogP) is 7.51. The van der Waals surface area contributed by atoms with Crippen LogP contribution in [-0.2, 0) is 19.6 Å². The van der Waals surface area contributed by atoms with Gasteiger partial charge in [-0.25, -0.2) is 0 Å². The molecular formula is C29H49NO4SSn. The molecule has 0 atom stereocenters. The van der Waals surface area contributed by atoms with Gasteiger partial charge in [-0.1, -0.05) is 0 Å². The Morgan fingerprint density at radius 3 is 1.83 bits per heavy atom. The number of benzene rings is 1. The molecule has 36 heavy (non-hydrogen) atoms. The summed E-state index contributed by atoms with van der Waals surface area (Å²) in [5.41, 5.74) is 1.02. The molecule has 1 aromatic rings. The number of carbonyl (C=O) groups is 1. The predicted molar refractivity (Wildman–Crippen MR) is 155 cm³/mol. The number of carbonyl (C=O) groups excluding carboxylic acids is 1. The number of aryl methyl sites for hydroxylation is 1. The third-order valence-corrected chi connectivity index (χ3v) is 23.8. The Morgan fingerprint density at radius 2 is 1.36 bits per heavy atom. The third-order valence-electron chi connectivity index (χ3n) is 6.73. The van der Waals surface area contributed by atoms with Gasteiger partial charge >= 0.3 is 226 Å². The van der Waals surface area contributed by atoms with Gasteiger partial charge < -0.3 is 0 Å². The Hall–Kier alpha value is -1.12. The number of esters is 1. The summed E-state index contributed by atoms with van der Waals surface area (Å²) in [6, 6.07) is 7.00. The second-order valence-electron chi connectivity index (χ2n) is 9.90. The fourth-order valence-electron chi connectivity index (χ4n) is 4.42. The van der Waals surface area contributed by atoms with Crippen molar-refractivity contribution in [1.82, 2.24) is 4.31 Å². The number of hydrogen-bond donors (Lipinski definition) is 0. The van der Waals surface area contributed by atoms with Crippen LogP contribution in [-0.4, -0.2) is 56.8 Å². The first-order valence-electron chi connectivity index (χ1n) is 13.7. The molecule has 0 spiro atoms. The molecular weight excluding hydrogens is 577 g/mol. The van der Waals surface area contributed by atoms with Crippen molar-refractivity contribution in [2.24, 2.45) is 0 Å². The molecule has 0 unspecified atom stereocenters. The summed E-state index contributed by atoms with van der Waals surface area (Å²) in [5, 5.41) is 0. The van der Waals surface area contributed by atoms with Crippen molar-refractivity contribution >= 4 is 34.4 Å². The van der Waals surface area contributed by atoms with Gasteiger partial charge in [0.05, 0.1) is 0 Å². The van der Waals surface area contributed by atoms with Crippen LogP contribution in [0.5, 0.6) is 0 Å². The van der Waals surface area contributed by atoms with Gasteiger partial charge in [-0.2, -0.15) is 0 Å². The van der Waals surface area contributed by atoms with Crippen molar-refractivity contribution in [3.05, 3.63) is 54.1 Å². The number of allylic oxidation sites excluding steroid dienone is 1. The van der Waals surface area contributed by atoms with E-state index in [-0.39, 0.29) is 19.1 Å². The second kappa shape index (κ2) is 18.2. The number of rotatable bonds is 19. The Labute approximate surface area is 225 Å². The van der Waals surface area contributed by atoms with Gasteiger partial charge in [-0.15, -0.1) is 0 Å². The molecule has 1 rings (SSSR count). The normalized spacial score (nSPS) is 12.7. The summed E-state index contributed by atoms with van der Waals surface area (Å²) in [6.07, 6.45) is 15.6. The molecule has 0 fully saturated rings. The van der Waals surface area contributed by atoms with Gasteiger partial charge in [-0.05, 0) is 0 Å². The van der Waals surface area contributed by atoms with Crippen molar-refractivity contribution < 1.29 is 17.9 Å². The van der Waals surface area contributed by atoms with Gasteiger partial charge in [0.15, 0.2) is 0 Å². The first kappa shape index (κ1) is 32.9. The average molecular weight is 626 g/mol. The summed E-state index contributed by atoms with van der Waals surface area (Å²) >= 11 is -2.29. The van der Waals surface area contributed by atoms with Crippen molar-refractivity contribution in [3.63, 3.8) is 0 Å². The standard InChI is InChI=1S/C17H22NO4S.3C4H9.Sn/c1-4-5-12-18(13-6-7-14-22-16(3)19)23(20,21)17-10-8-15(2)9-11-17;3*1-3-4-2;/h4-11H,1,12-14H2,2-3H3;3*1,3-4H2,2H3;/b5-4+,7-6-;;;;. The Morgan fingerprint density at radius 1 is 0.861 bits per heavy atom. The van der Waals surface area contributed by atoms with E-state index >= 15 is 0 Å². The topological polar surface area (TPSA) is 63.7 Å². The maximum atomic E-state index is 13.4. The molecule has 0 bridgehead atoms. The van der Waals surface area contributed by atoms with E-state index in [9.17, 15) is 13.2 Å². The minimum atomic E-state index is -3.64. The van der Waals surface area contributed by atoms with Crippen LogP contribution in [0.4, 0.5) is 0 Å². The zero-order chi connectivity index (χ0) is 26.9. The van der Waals surface area contributed by atoms with Crippen LogP contribution in [0.1, 0.15) is 71.8 Å². The van der Waals surface area contributed by atoms with Crippen molar-refractivity contribution in [1.29, 1.82) is 0 Å². The monoisotopic (exact) mass is 627 g/mol. The molecule has 204 valence electrons. The summed E-state index contributed by atoms with van der Waals surface area (Å²) in [5.74, 6) is -0.351. The molecule has 0 heterocycles. The van der Waals surface area contributed by atoms with E-state index < -0.39 is 28.4 Å². The van der Waals surface area contributed by atoms with Crippen LogP contribution in [0.15, 0.2) is 53.5 Å². The van der Waals surface area contributed by atoms with Gasteiger partial charge in [0, 0.05) is 0 Å². The molecule has 0 saturated heterocycles. The summed E-state index contributed by atoms with van der Waals surface area (Å²) in [4.78, 5) is 11.3. The van der Waals surface area contributed by atoms with E-state index in [0.29, 0.717) is 11.4 Å². The SMILES string of the molecule is CCC[CH2][Sn]([CH2]/C=C/CN(C/C=C\COC(C)=O)S(=O)(=O)c1ccc(C)cc1)([CH2]CCC)[CH2]CCC. The van der Waals surface area contributed by atoms with Crippen molar-refractivity contribution in [2.45, 2.75) is 95.8 Å². The van der Waals surface area contributed by atoms with Crippen LogP contribution in [0.3, 0.4) is 0 Å². The number of sulfonamides is 1. The third kappa shape index (κ3) is 12.4. The molecule has 0 N–H and O–H groups in total. The van der Waals surface area contributed by atoms with Crippen LogP contribution in [0, 0.1) is 6.92 Å². The quantitative estimate of drug-likeness (QED) is 0.0906. The Bertz CT molecular complexity index is 888. The maximum absolute atomic E-state index is 13.4. The summed E-state index contributed by atoms with van der Waals surface area (Å²) in [6.45, 7) is 10.9.